The van der Waals surface area contributed by atoms with Gasteiger partial charge in [-0.15, -0.1) is 0 Å². The first-order valence-electron chi connectivity index (χ1n) is 10.0. The van der Waals surface area contributed by atoms with Crippen LogP contribution in [0, 0.1) is 6.92 Å². The fraction of sp³-hybridized carbons (Fsp3) is 0.208. The molecule has 160 valence electrons. The molecule has 31 heavy (non-hydrogen) atoms. The SMILES string of the molecule is Cc1c(Cl)cccc1N(CC(=O)N1c2ccccc2C[C@H]1C)S(=O)(=O)c1ccccc1. The molecule has 4 rings (SSSR count). The zero-order valence-corrected chi connectivity index (χ0v) is 18.9. The zero-order chi connectivity index (χ0) is 22.2. The number of hydrogen-bond acceptors (Lipinski definition) is 3. The predicted molar refractivity (Wildman–Crippen MR) is 124 cm³/mol. The Kier molecular flexibility index (Phi) is 5.77. The minimum Gasteiger partial charge on any atom is -0.307 e. The fourth-order valence-corrected chi connectivity index (χ4v) is 5.69. The van der Waals surface area contributed by atoms with Crippen LogP contribution >= 0.6 is 11.6 Å². The van der Waals surface area contributed by atoms with Crippen molar-refractivity contribution in [3.63, 3.8) is 0 Å². The van der Waals surface area contributed by atoms with Crippen LogP contribution in [0.15, 0.2) is 77.7 Å². The third-order valence-electron chi connectivity index (χ3n) is 5.59. The Morgan fingerprint density at radius 2 is 1.71 bits per heavy atom. The van der Waals surface area contributed by atoms with Gasteiger partial charge in [0.15, 0.2) is 0 Å². The lowest BCUT2D eigenvalue weighted by Gasteiger charge is -2.30. The number of hydrogen-bond donors (Lipinski definition) is 0. The maximum absolute atomic E-state index is 13.6. The van der Waals surface area contributed by atoms with E-state index in [1.807, 2.05) is 31.2 Å². The summed E-state index contributed by atoms with van der Waals surface area (Å²) in [5, 5.41) is 0.443. The first kappa shape index (κ1) is 21.4. The van der Waals surface area contributed by atoms with Crippen molar-refractivity contribution in [2.24, 2.45) is 0 Å². The normalized spacial score (nSPS) is 15.6. The van der Waals surface area contributed by atoms with Gasteiger partial charge in [0.2, 0.25) is 5.91 Å². The summed E-state index contributed by atoms with van der Waals surface area (Å²) in [4.78, 5) is 15.3. The van der Waals surface area contributed by atoms with E-state index in [-0.39, 0.29) is 23.4 Å². The van der Waals surface area contributed by atoms with Crippen molar-refractivity contribution < 1.29 is 13.2 Å². The second-order valence-electron chi connectivity index (χ2n) is 7.65. The highest BCUT2D eigenvalue weighted by atomic mass is 35.5. The Balaban J connectivity index is 1.77. The molecule has 1 amide bonds. The van der Waals surface area contributed by atoms with Crippen molar-refractivity contribution in [3.8, 4) is 0 Å². The molecular weight excluding hydrogens is 432 g/mol. The molecular formula is C24H23ClN2O3S. The van der Waals surface area contributed by atoms with Gasteiger partial charge in [-0.3, -0.25) is 9.10 Å². The number of anilines is 2. The molecule has 0 N–H and O–H groups in total. The summed E-state index contributed by atoms with van der Waals surface area (Å²) in [6, 6.07) is 20.9. The summed E-state index contributed by atoms with van der Waals surface area (Å²) < 4.78 is 28.3. The number of halogens is 1. The van der Waals surface area contributed by atoms with Crippen molar-refractivity contribution in [2.75, 3.05) is 15.7 Å². The molecule has 3 aromatic rings. The molecule has 0 saturated carbocycles. The fourth-order valence-electron chi connectivity index (χ4n) is 4.03. The number of benzene rings is 3. The molecule has 1 heterocycles. The smallest absolute Gasteiger partial charge is 0.264 e. The highest BCUT2D eigenvalue weighted by molar-refractivity contribution is 7.92. The molecule has 5 nitrogen and oxygen atoms in total. The molecule has 0 fully saturated rings. The minimum absolute atomic E-state index is 0.0494. The van der Waals surface area contributed by atoms with Gasteiger partial charge in [0, 0.05) is 16.8 Å². The van der Waals surface area contributed by atoms with Crippen LogP contribution in [-0.4, -0.2) is 26.9 Å². The Morgan fingerprint density at radius 3 is 2.45 bits per heavy atom. The Bertz CT molecular complexity index is 1230. The minimum atomic E-state index is -3.99. The van der Waals surface area contributed by atoms with E-state index in [1.165, 1.54) is 16.4 Å². The summed E-state index contributed by atoms with van der Waals surface area (Å²) in [6.07, 6.45) is 0.740. The lowest BCUT2D eigenvalue weighted by molar-refractivity contribution is -0.117. The Hall–Kier alpha value is -2.83. The number of carbonyl (C=O) groups excluding carboxylic acids is 1. The van der Waals surface area contributed by atoms with Crippen molar-refractivity contribution in [3.05, 3.63) is 88.9 Å². The average molecular weight is 455 g/mol. The molecule has 0 saturated heterocycles. The average Bonchev–Trinajstić information content (AvgIpc) is 3.10. The Morgan fingerprint density at radius 1 is 1.03 bits per heavy atom. The van der Waals surface area contributed by atoms with E-state index >= 15 is 0 Å². The molecule has 0 bridgehead atoms. The first-order valence-corrected chi connectivity index (χ1v) is 11.9. The first-order chi connectivity index (χ1) is 14.8. The van der Waals surface area contributed by atoms with Crippen LogP contribution in [-0.2, 0) is 21.2 Å². The summed E-state index contributed by atoms with van der Waals surface area (Å²) in [7, 11) is -3.99. The maximum Gasteiger partial charge on any atom is 0.264 e. The van der Waals surface area contributed by atoms with Crippen LogP contribution in [0.4, 0.5) is 11.4 Å². The molecule has 1 aliphatic rings. The quantitative estimate of drug-likeness (QED) is 0.555. The van der Waals surface area contributed by atoms with Crippen LogP contribution in [0.2, 0.25) is 5.02 Å². The number of nitrogens with zero attached hydrogens (tertiary/aromatic N) is 2. The van der Waals surface area contributed by atoms with E-state index in [0.717, 1.165) is 17.7 Å². The summed E-state index contributed by atoms with van der Waals surface area (Å²) in [6.45, 7) is 3.40. The van der Waals surface area contributed by atoms with E-state index in [2.05, 4.69) is 0 Å². The Labute approximate surface area is 187 Å². The van der Waals surface area contributed by atoms with Crippen LogP contribution in [0.5, 0.6) is 0 Å². The van der Waals surface area contributed by atoms with E-state index in [1.54, 1.807) is 48.2 Å². The van der Waals surface area contributed by atoms with E-state index in [9.17, 15) is 13.2 Å². The van der Waals surface area contributed by atoms with Crippen molar-refractivity contribution in [1.82, 2.24) is 0 Å². The molecule has 0 aliphatic carbocycles. The molecule has 7 heteroatoms. The lowest BCUT2D eigenvalue weighted by atomic mass is 10.1. The maximum atomic E-state index is 13.6. The predicted octanol–water partition coefficient (Wildman–Crippen LogP) is 4.82. The van der Waals surface area contributed by atoms with Crippen LogP contribution < -0.4 is 9.21 Å². The van der Waals surface area contributed by atoms with Crippen molar-refractivity contribution in [1.29, 1.82) is 0 Å². The highest BCUT2D eigenvalue weighted by Crippen LogP contribution is 2.34. The number of sulfonamides is 1. The molecule has 1 atom stereocenters. The van der Waals surface area contributed by atoms with Crippen LogP contribution in [0.1, 0.15) is 18.1 Å². The lowest BCUT2D eigenvalue weighted by Crippen LogP contribution is -2.45. The van der Waals surface area contributed by atoms with Crippen molar-refractivity contribution >= 4 is 38.9 Å². The van der Waals surface area contributed by atoms with Gasteiger partial charge in [-0.05, 0) is 61.7 Å². The van der Waals surface area contributed by atoms with Gasteiger partial charge in [-0.1, -0.05) is 54.1 Å². The third kappa shape index (κ3) is 3.93. The second-order valence-corrected chi connectivity index (χ2v) is 9.92. The van der Waals surface area contributed by atoms with E-state index < -0.39 is 10.0 Å². The van der Waals surface area contributed by atoms with Gasteiger partial charge in [-0.2, -0.15) is 0 Å². The van der Waals surface area contributed by atoms with E-state index in [4.69, 9.17) is 11.6 Å². The van der Waals surface area contributed by atoms with Gasteiger partial charge < -0.3 is 4.90 Å². The summed E-state index contributed by atoms with van der Waals surface area (Å²) in [5.41, 5.74) is 2.91. The molecule has 1 aliphatic heterocycles. The second kappa shape index (κ2) is 8.36. The monoisotopic (exact) mass is 454 g/mol. The van der Waals surface area contributed by atoms with E-state index in [0.29, 0.717) is 16.3 Å². The van der Waals surface area contributed by atoms with Gasteiger partial charge in [0.1, 0.15) is 6.54 Å². The van der Waals surface area contributed by atoms with Crippen molar-refractivity contribution in [2.45, 2.75) is 31.2 Å². The molecule has 0 spiro atoms. The highest BCUT2D eigenvalue weighted by Gasteiger charge is 2.35. The molecule has 0 unspecified atom stereocenters. The number of amides is 1. The molecule has 0 radical (unpaired) electrons. The van der Waals surface area contributed by atoms with Crippen LogP contribution in [0.3, 0.4) is 0 Å². The summed E-state index contributed by atoms with van der Waals surface area (Å²) in [5.74, 6) is -0.281. The molecule has 0 aromatic heterocycles. The third-order valence-corrected chi connectivity index (χ3v) is 7.78. The van der Waals surface area contributed by atoms with Gasteiger partial charge in [0.05, 0.1) is 10.6 Å². The standard InChI is InChI=1S/C24H23ClN2O3S/c1-17-15-19-9-6-7-13-23(19)27(17)24(28)16-26(22-14-8-12-21(25)18(22)2)31(29,30)20-10-4-3-5-11-20/h3-14,17H,15-16H2,1-2H3/t17-/m1/s1. The molecule has 3 aromatic carbocycles. The number of rotatable bonds is 5. The number of para-hydroxylation sites is 1. The van der Waals surface area contributed by atoms with Crippen LogP contribution in [0.25, 0.3) is 0 Å². The largest absolute Gasteiger partial charge is 0.307 e. The number of carbonyl (C=O) groups is 1. The summed E-state index contributed by atoms with van der Waals surface area (Å²) >= 11 is 6.29. The van der Waals surface area contributed by atoms with Gasteiger partial charge in [0.25, 0.3) is 10.0 Å². The van der Waals surface area contributed by atoms with Gasteiger partial charge >= 0.3 is 0 Å². The number of fused-ring (bicyclic) bond motifs is 1. The zero-order valence-electron chi connectivity index (χ0n) is 17.3. The topological polar surface area (TPSA) is 57.7 Å². The van der Waals surface area contributed by atoms with Gasteiger partial charge in [-0.25, -0.2) is 8.42 Å².